The van der Waals surface area contributed by atoms with E-state index in [1.807, 2.05) is 17.9 Å². The first-order valence-corrected chi connectivity index (χ1v) is 10.8. The summed E-state index contributed by atoms with van der Waals surface area (Å²) in [6.07, 6.45) is 3.36. The van der Waals surface area contributed by atoms with E-state index in [-0.39, 0.29) is 35.5 Å². The number of sulfone groups is 1. The fraction of sp³-hybridized carbons (Fsp3) is 0.474. The molecule has 0 radical (unpaired) electrons. The SMILES string of the molecule is CN=C(NCc1ccc(-n2ccnc2C)c(F)c1)N1CCS(=O)(=O)C(C)(C)C1.I. The van der Waals surface area contributed by atoms with Crippen LogP contribution in [0.1, 0.15) is 25.2 Å². The Bertz CT molecular complexity index is 1000. The molecule has 7 nitrogen and oxygen atoms in total. The number of hydrogen-bond acceptors (Lipinski definition) is 4. The van der Waals surface area contributed by atoms with E-state index >= 15 is 0 Å². The van der Waals surface area contributed by atoms with E-state index in [4.69, 9.17) is 0 Å². The van der Waals surface area contributed by atoms with Gasteiger partial charge in [0.1, 0.15) is 11.6 Å². The van der Waals surface area contributed by atoms with Crippen molar-refractivity contribution in [3.63, 3.8) is 0 Å². The molecule has 2 heterocycles. The van der Waals surface area contributed by atoms with Gasteiger partial charge in [0.2, 0.25) is 0 Å². The standard InChI is InChI=1S/C19H26FN5O2S.HI/c1-14-22-7-8-25(14)17-6-5-15(11-16(17)20)12-23-18(21-4)24-9-10-28(26,27)19(2,3)13-24;/h5-8,11H,9-10,12-13H2,1-4H3,(H,21,23);1H. The summed E-state index contributed by atoms with van der Waals surface area (Å²) < 4.78 is 39.8. The topological polar surface area (TPSA) is 79.6 Å². The maximum atomic E-state index is 14.6. The van der Waals surface area contributed by atoms with Gasteiger partial charge in [0.15, 0.2) is 15.8 Å². The molecule has 1 aromatic carbocycles. The van der Waals surface area contributed by atoms with E-state index in [2.05, 4.69) is 15.3 Å². The molecule has 160 valence electrons. The molecule has 0 bridgehead atoms. The van der Waals surface area contributed by atoms with Gasteiger partial charge >= 0.3 is 0 Å². The second-order valence-electron chi connectivity index (χ2n) is 7.53. The van der Waals surface area contributed by atoms with E-state index < -0.39 is 14.6 Å². The number of nitrogens with zero attached hydrogens (tertiary/aromatic N) is 4. The summed E-state index contributed by atoms with van der Waals surface area (Å²) in [6.45, 7) is 6.42. The predicted octanol–water partition coefficient (Wildman–Crippen LogP) is 2.52. The van der Waals surface area contributed by atoms with Crippen LogP contribution in [0.15, 0.2) is 35.6 Å². The molecule has 2 aromatic rings. The Morgan fingerprint density at radius 2 is 2.10 bits per heavy atom. The lowest BCUT2D eigenvalue weighted by molar-refractivity contribution is 0.353. The molecule has 0 atom stereocenters. The summed E-state index contributed by atoms with van der Waals surface area (Å²) in [7, 11) is -1.46. The zero-order valence-electron chi connectivity index (χ0n) is 17.0. The first-order chi connectivity index (χ1) is 13.1. The summed E-state index contributed by atoms with van der Waals surface area (Å²) in [4.78, 5) is 10.3. The van der Waals surface area contributed by atoms with Crippen LogP contribution in [-0.4, -0.2) is 59.5 Å². The lowest BCUT2D eigenvalue weighted by Gasteiger charge is -2.39. The highest BCUT2D eigenvalue weighted by atomic mass is 127. The van der Waals surface area contributed by atoms with Crippen molar-refractivity contribution < 1.29 is 12.8 Å². The Morgan fingerprint density at radius 3 is 2.66 bits per heavy atom. The zero-order valence-corrected chi connectivity index (χ0v) is 20.2. The number of imidazole rings is 1. The minimum atomic E-state index is -3.12. The largest absolute Gasteiger partial charge is 0.352 e. The van der Waals surface area contributed by atoms with Crippen molar-refractivity contribution in [2.45, 2.75) is 32.1 Å². The van der Waals surface area contributed by atoms with E-state index in [9.17, 15) is 12.8 Å². The van der Waals surface area contributed by atoms with Gasteiger partial charge in [0, 0.05) is 39.1 Å². The van der Waals surface area contributed by atoms with Crippen LogP contribution < -0.4 is 5.32 Å². The maximum Gasteiger partial charge on any atom is 0.193 e. The van der Waals surface area contributed by atoms with Gasteiger partial charge in [0.05, 0.1) is 16.2 Å². The number of nitrogens with one attached hydrogen (secondary N) is 1. The second kappa shape index (κ2) is 8.99. The highest BCUT2D eigenvalue weighted by Crippen LogP contribution is 2.24. The first-order valence-electron chi connectivity index (χ1n) is 9.11. The summed E-state index contributed by atoms with van der Waals surface area (Å²) in [5.41, 5.74) is 1.22. The van der Waals surface area contributed by atoms with Crippen LogP contribution in [0, 0.1) is 12.7 Å². The molecule has 1 fully saturated rings. The van der Waals surface area contributed by atoms with Crippen LogP contribution in [-0.2, 0) is 16.4 Å². The third-order valence-corrected chi connectivity index (χ3v) is 7.64. The number of guanidine groups is 1. The molecule has 0 unspecified atom stereocenters. The predicted molar refractivity (Wildman–Crippen MR) is 123 cm³/mol. The van der Waals surface area contributed by atoms with Crippen molar-refractivity contribution in [2.24, 2.45) is 4.99 Å². The van der Waals surface area contributed by atoms with Crippen LogP contribution >= 0.6 is 24.0 Å². The highest BCUT2D eigenvalue weighted by Gasteiger charge is 2.40. The first kappa shape index (κ1) is 23.6. The Kier molecular flexibility index (Phi) is 7.31. The highest BCUT2D eigenvalue weighted by molar-refractivity contribution is 14.0. The van der Waals surface area contributed by atoms with E-state index in [1.165, 1.54) is 6.07 Å². The van der Waals surface area contributed by atoms with Crippen molar-refractivity contribution in [3.05, 3.63) is 47.8 Å². The molecule has 3 rings (SSSR count). The minimum absolute atomic E-state index is 0. The number of rotatable bonds is 3. The molecular weight excluding hydrogens is 508 g/mol. The number of aromatic nitrogens is 2. The Hall–Kier alpha value is -1.69. The van der Waals surface area contributed by atoms with Crippen molar-refractivity contribution in [3.8, 4) is 5.69 Å². The van der Waals surface area contributed by atoms with Crippen molar-refractivity contribution in [1.82, 2.24) is 19.8 Å². The van der Waals surface area contributed by atoms with Crippen molar-refractivity contribution >= 4 is 39.8 Å². The van der Waals surface area contributed by atoms with Crippen LogP contribution in [0.25, 0.3) is 5.69 Å². The Balaban J connectivity index is 0.00000300. The molecule has 1 aliphatic rings. The Morgan fingerprint density at radius 1 is 1.38 bits per heavy atom. The van der Waals surface area contributed by atoms with Crippen molar-refractivity contribution in [1.29, 1.82) is 0 Å². The lowest BCUT2D eigenvalue weighted by atomic mass is 10.2. The third kappa shape index (κ3) is 4.90. The Labute approximate surface area is 188 Å². The van der Waals surface area contributed by atoms with Gasteiger partial charge in [-0.05, 0) is 38.5 Å². The average Bonchev–Trinajstić information content (AvgIpc) is 3.04. The second-order valence-corrected chi connectivity index (χ2v) is 10.3. The number of hydrogen-bond donors (Lipinski definition) is 1. The molecule has 1 aliphatic heterocycles. The number of aliphatic imine (C=N–C) groups is 1. The summed E-state index contributed by atoms with van der Waals surface area (Å²) in [5, 5.41) is 3.21. The number of halogens is 2. The molecule has 0 amide bonds. The maximum absolute atomic E-state index is 14.6. The summed E-state index contributed by atoms with van der Waals surface area (Å²) in [6, 6.07) is 5.06. The van der Waals surface area contributed by atoms with Gasteiger partial charge in [-0.3, -0.25) is 4.99 Å². The number of benzene rings is 1. The normalized spacial score (nSPS) is 18.2. The van der Waals surface area contributed by atoms with Crippen molar-refractivity contribution in [2.75, 3.05) is 25.9 Å². The fourth-order valence-electron chi connectivity index (χ4n) is 3.33. The molecule has 0 spiro atoms. The van der Waals surface area contributed by atoms with Crippen LogP contribution in [0.3, 0.4) is 0 Å². The number of aryl methyl sites for hydroxylation is 1. The summed E-state index contributed by atoms with van der Waals surface area (Å²) in [5.74, 6) is 1.08. The smallest absolute Gasteiger partial charge is 0.193 e. The lowest BCUT2D eigenvalue weighted by Crippen LogP contribution is -2.57. The van der Waals surface area contributed by atoms with Gasteiger partial charge in [-0.2, -0.15) is 0 Å². The van der Waals surface area contributed by atoms with Gasteiger partial charge in [0.25, 0.3) is 0 Å². The molecule has 0 saturated carbocycles. The molecule has 1 saturated heterocycles. The quantitative estimate of drug-likeness (QED) is 0.372. The van der Waals surface area contributed by atoms with Crippen LogP contribution in [0.2, 0.25) is 0 Å². The van der Waals surface area contributed by atoms with Gasteiger partial charge < -0.3 is 14.8 Å². The molecular formula is C19H27FIN5O2S. The minimum Gasteiger partial charge on any atom is -0.352 e. The molecule has 10 heteroatoms. The van der Waals surface area contributed by atoms with E-state index in [1.54, 1.807) is 43.9 Å². The summed E-state index contributed by atoms with van der Waals surface area (Å²) >= 11 is 0. The van der Waals surface area contributed by atoms with Crippen LogP contribution in [0.4, 0.5) is 4.39 Å². The van der Waals surface area contributed by atoms with Gasteiger partial charge in [-0.25, -0.2) is 17.8 Å². The third-order valence-electron chi connectivity index (χ3n) is 5.10. The monoisotopic (exact) mass is 535 g/mol. The molecule has 0 aliphatic carbocycles. The average molecular weight is 535 g/mol. The van der Waals surface area contributed by atoms with Gasteiger partial charge in [-0.15, -0.1) is 24.0 Å². The van der Waals surface area contributed by atoms with Crippen LogP contribution in [0.5, 0.6) is 0 Å². The molecule has 1 N–H and O–H groups in total. The molecule has 1 aromatic heterocycles. The zero-order chi connectivity index (χ0) is 20.5. The fourth-order valence-corrected chi connectivity index (χ4v) is 4.69. The molecule has 29 heavy (non-hydrogen) atoms. The van der Waals surface area contributed by atoms with E-state index in [0.717, 1.165) is 5.56 Å². The van der Waals surface area contributed by atoms with Gasteiger partial charge in [-0.1, -0.05) is 6.07 Å². The van der Waals surface area contributed by atoms with E-state index in [0.29, 0.717) is 37.1 Å².